The number of carbonyl (C=O) groups excluding carboxylic acids is 1. The molecule has 2 atom stereocenters. The first kappa shape index (κ1) is 25.5. The molecule has 3 rings (SSSR count). The Balaban J connectivity index is 1.59. The van der Waals surface area contributed by atoms with E-state index in [-0.39, 0.29) is 28.6 Å². The average Bonchev–Trinajstić information content (AvgIpc) is 2.75. The summed E-state index contributed by atoms with van der Waals surface area (Å²) in [6.45, 7) is 9.93. The third-order valence-corrected chi connectivity index (χ3v) is 8.66. The Morgan fingerprint density at radius 2 is 1.85 bits per heavy atom. The first-order chi connectivity index (χ1) is 15.6. The van der Waals surface area contributed by atoms with Gasteiger partial charge in [-0.05, 0) is 88.4 Å². The van der Waals surface area contributed by atoms with Crippen LogP contribution in [0.2, 0.25) is 5.02 Å². The predicted octanol–water partition coefficient (Wildman–Crippen LogP) is 5.43. The maximum absolute atomic E-state index is 12.9. The van der Waals surface area contributed by atoms with E-state index in [1.54, 1.807) is 24.3 Å². The molecule has 2 N–H and O–H groups in total. The molecule has 1 saturated heterocycles. The summed E-state index contributed by atoms with van der Waals surface area (Å²) in [5.41, 5.74) is 2.31. The topological polar surface area (TPSA) is 78.5 Å². The molecule has 33 heavy (non-hydrogen) atoms. The van der Waals surface area contributed by atoms with Crippen LogP contribution in [-0.2, 0) is 9.84 Å². The van der Waals surface area contributed by atoms with Gasteiger partial charge < -0.3 is 15.5 Å². The normalized spacial score (nSPS) is 18.2. The second-order valence-electron chi connectivity index (χ2n) is 9.20. The largest absolute Gasteiger partial charge is 0.331 e. The smallest absolute Gasteiger partial charge is 0.319 e. The molecule has 0 aliphatic carbocycles. The molecule has 0 bridgehead atoms. The molecule has 2 aromatic carbocycles. The van der Waals surface area contributed by atoms with Crippen molar-refractivity contribution < 1.29 is 13.2 Å². The molecule has 8 heteroatoms. The molecule has 180 valence electrons. The zero-order valence-corrected chi connectivity index (χ0v) is 21.3. The van der Waals surface area contributed by atoms with Gasteiger partial charge in [-0.25, -0.2) is 13.2 Å². The van der Waals surface area contributed by atoms with Gasteiger partial charge in [0.05, 0.1) is 16.7 Å². The number of rotatable bonds is 7. The van der Waals surface area contributed by atoms with Crippen molar-refractivity contribution in [1.29, 1.82) is 0 Å². The van der Waals surface area contributed by atoms with Gasteiger partial charge in [0.2, 0.25) is 0 Å². The lowest BCUT2D eigenvalue weighted by Crippen LogP contribution is -2.41. The summed E-state index contributed by atoms with van der Waals surface area (Å²) in [6, 6.07) is 11.8. The minimum atomic E-state index is -3.39. The lowest BCUT2D eigenvalue weighted by atomic mass is 9.99. The number of anilines is 1. The summed E-state index contributed by atoms with van der Waals surface area (Å²) >= 11 is 6.35. The van der Waals surface area contributed by atoms with Crippen LogP contribution >= 0.6 is 11.6 Å². The number of sulfone groups is 1. The number of hydrogen-bond donors (Lipinski definition) is 2. The minimum absolute atomic E-state index is 0.143. The Labute approximate surface area is 202 Å². The Kier molecular flexibility index (Phi) is 8.43. The molecular weight excluding hydrogens is 458 g/mol. The highest BCUT2D eigenvalue weighted by Crippen LogP contribution is 2.26. The second kappa shape index (κ2) is 10.9. The fourth-order valence-corrected chi connectivity index (χ4v) is 6.23. The lowest BCUT2D eigenvalue weighted by molar-refractivity contribution is 0.148. The van der Waals surface area contributed by atoms with Gasteiger partial charge in [0, 0.05) is 23.3 Å². The zero-order chi connectivity index (χ0) is 24.2. The van der Waals surface area contributed by atoms with Crippen molar-refractivity contribution >= 4 is 33.2 Å². The molecule has 0 radical (unpaired) electrons. The molecule has 1 aliphatic heterocycles. The number of piperidine rings is 1. The van der Waals surface area contributed by atoms with Gasteiger partial charge >= 0.3 is 6.03 Å². The molecule has 2 aromatic rings. The quantitative estimate of drug-likeness (QED) is 0.541. The summed E-state index contributed by atoms with van der Waals surface area (Å²) in [7, 11) is -3.39. The Morgan fingerprint density at radius 3 is 2.52 bits per heavy atom. The van der Waals surface area contributed by atoms with E-state index in [0.717, 1.165) is 37.1 Å². The number of likely N-dealkylation sites (tertiary alicyclic amines) is 1. The number of hydrogen-bond acceptors (Lipinski definition) is 4. The molecule has 2 unspecified atom stereocenters. The summed E-state index contributed by atoms with van der Waals surface area (Å²) in [5, 5.41) is 6.26. The van der Waals surface area contributed by atoms with Crippen LogP contribution in [0, 0.1) is 12.8 Å². The first-order valence-electron chi connectivity index (χ1n) is 11.5. The van der Waals surface area contributed by atoms with E-state index < -0.39 is 9.84 Å². The van der Waals surface area contributed by atoms with Gasteiger partial charge in [-0.15, -0.1) is 0 Å². The highest BCUT2D eigenvalue weighted by Gasteiger charge is 2.27. The van der Waals surface area contributed by atoms with E-state index in [1.165, 1.54) is 0 Å². The molecule has 0 saturated carbocycles. The monoisotopic (exact) mass is 491 g/mol. The van der Waals surface area contributed by atoms with Crippen LogP contribution in [-0.4, -0.2) is 44.2 Å². The fraction of sp³-hybridized carbons (Fsp3) is 0.480. The maximum Gasteiger partial charge on any atom is 0.319 e. The molecular formula is C25H34ClN3O3S. The molecule has 6 nitrogen and oxygen atoms in total. The van der Waals surface area contributed by atoms with Gasteiger partial charge in [0.25, 0.3) is 0 Å². The van der Waals surface area contributed by atoms with Crippen molar-refractivity contribution in [3.8, 4) is 0 Å². The molecule has 0 aromatic heterocycles. The van der Waals surface area contributed by atoms with E-state index in [4.69, 9.17) is 11.6 Å². The molecule has 1 heterocycles. The van der Waals surface area contributed by atoms with Crippen molar-refractivity contribution in [3.63, 3.8) is 0 Å². The predicted molar refractivity (Wildman–Crippen MR) is 135 cm³/mol. The number of aryl methyl sites for hydroxylation is 1. The Morgan fingerprint density at radius 1 is 1.15 bits per heavy atom. The van der Waals surface area contributed by atoms with E-state index in [1.807, 2.05) is 32.0 Å². The van der Waals surface area contributed by atoms with E-state index >= 15 is 0 Å². The molecule has 1 aliphatic rings. The number of urea groups is 1. The van der Waals surface area contributed by atoms with Crippen molar-refractivity contribution in [2.24, 2.45) is 5.92 Å². The third kappa shape index (κ3) is 6.71. The van der Waals surface area contributed by atoms with Crippen LogP contribution in [0.4, 0.5) is 10.5 Å². The van der Waals surface area contributed by atoms with E-state index in [2.05, 4.69) is 29.4 Å². The van der Waals surface area contributed by atoms with Crippen LogP contribution in [0.25, 0.3) is 0 Å². The van der Waals surface area contributed by atoms with Crippen LogP contribution in [0.1, 0.15) is 50.8 Å². The molecule has 2 amide bonds. The van der Waals surface area contributed by atoms with Crippen LogP contribution in [0.5, 0.6) is 0 Å². The SMILES string of the molecule is Cc1cccc(C(C)NC(=O)Nc2ccc(S(=O)(=O)CC3CCCN(C(C)C)C3)cc2)c1Cl. The first-order valence-corrected chi connectivity index (χ1v) is 13.5. The van der Waals surface area contributed by atoms with Crippen molar-refractivity contribution in [2.75, 3.05) is 24.2 Å². The maximum atomic E-state index is 12.9. The summed E-state index contributed by atoms with van der Waals surface area (Å²) in [4.78, 5) is 15.1. The minimum Gasteiger partial charge on any atom is -0.331 e. The van der Waals surface area contributed by atoms with Crippen LogP contribution in [0.15, 0.2) is 47.4 Å². The number of nitrogens with zero attached hydrogens (tertiary/aromatic N) is 1. The van der Waals surface area contributed by atoms with Crippen molar-refractivity contribution in [2.45, 2.75) is 57.5 Å². The van der Waals surface area contributed by atoms with Crippen molar-refractivity contribution in [3.05, 3.63) is 58.6 Å². The number of amides is 2. The number of nitrogens with one attached hydrogen (secondary N) is 2. The summed E-state index contributed by atoms with van der Waals surface area (Å²) < 4.78 is 25.9. The zero-order valence-electron chi connectivity index (χ0n) is 19.8. The van der Waals surface area contributed by atoms with Gasteiger partial charge in [-0.2, -0.15) is 0 Å². The lowest BCUT2D eigenvalue weighted by Gasteiger charge is -2.35. The van der Waals surface area contributed by atoms with Gasteiger partial charge in [0.15, 0.2) is 9.84 Å². The van der Waals surface area contributed by atoms with Gasteiger partial charge in [-0.1, -0.05) is 29.8 Å². The highest BCUT2D eigenvalue weighted by atomic mass is 35.5. The summed E-state index contributed by atoms with van der Waals surface area (Å²) in [6.07, 6.45) is 1.97. The van der Waals surface area contributed by atoms with E-state index in [9.17, 15) is 13.2 Å². The average molecular weight is 492 g/mol. The Hall–Kier alpha value is -2.09. The highest BCUT2D eigenvalue weighted by molar-refractivity contribution is 7.91. The van der Waals surface area contributed by atoms with E-state index in [0.29, 0.717) is 16.8 Å². The van der Waals surface area contributed by atoms with Crippen LogP contribution < -0.4 is 10.6 Å². The number of halogens is 1. The fourth-order valence-electron chi connectivity index (χ4n) is 4.30. The number of benzene rings is 2. The van der Waals surface area contributed by atoms with Crippen molar-refractivity contribution in [1.82, 2.24) is 10.2 Å². The summed E-state index contributed by atoms with van der Waals surface area (Å²) in [5.74, 6) is 0.294. The van der Waals surface area contributed by atoms with Gasteiger partial charge in [-0.3, -0.25) is 0 Å². The molecule has 1 fully saturated rings. The number of carbonyl (C=O) groups is 1. The third-order valence-electron chi connectivity index (χ3n) is 6.24. The standard InChI is InChI=1S/C25H34ClN3O3S/c1-17(2)29-14-6-8-20(15-29)16-33(31,32)22-12-10-21(11-13-22)28-25(30)27-19(4)23-9-5-7-18(3)24(23)26/h5,7,9-13,17,19-20H,6,8,14-16H2,1-4H3,(H2,27,28,30). The second-order valence-corrected chi connectivity index (χ2v) is 11.6. The van der Waals surface area contributed by atoms with Crippen LogP contribution in [0.3, 0.4) is 0 Å². The molecule has 0 spiro atoms. The Bertz CT molecular complexity index is 1070. The van der Waals surface area contributed by atoms with Gasteiger partial charge in [0.1, 0.15) is 0 Å².